The fourth-order valence-electron chi connectivity index (χ4n) is 1.19. The quantitative estimate of drug-likeness (QED) is 0.481. The lowest BCUT2D eigenvalue weighted by Gasteiger charge is -2.29. The first kappa shape index (κ1) is 7.38. The van der Waals surface area contributed by atoms with Crippen molar-refractivity contribution in [2.75, 3.05) is 34.2 Å². The summed E-state index contributed by atoms with van der Waals surface area (Å²) in [6, 6.07) is 0. The maximum absolute atomic E-state index is 4.38. The molecule has 0 atom stereocenters. The van der Waals surface area contributed by atoms with Crippen molar-refractivity contribution >= 4 is 5.96 Å². The highest BCUT2D eigenvalue weighted by atomic mass is 15.4. The predicted molar refractivity (Wildman–Crippen MR) is 43.2 cm³/mol. The molecule has 0 fully saturated rings. The Morgan fingerprint density at radius 2 is 2.20 bits per heavy atom. The van der Waals surface area contributed by atoms with Crippen LogP contribution in [0.1, 0.15) is 6.42 Å². The summed E-state index contributed by atoms with van der Waals surface area (Å²) in [5.41, 5.74) is 0. The van der Waals surface area contributed by atoms with Gasteiger partial charge in [-0.2, -0.15) is 0 Å². The van der Waals surface area contributed by atoms with Gasteiger partial charge in [-0.15, -0.1) is 0 Å². The van der Waals surface area contributed by atoms with Gasteiger partial charge in [0.2, 0.25) is 0 Å². The summed E-state index contributed by atoms with van der Waals surface area (Å²) in [5.74, 6) is 1.10. The van der Waals surface area contributed by atoms with Gasteiger partial charge in [-0.25, -0.2) is 0 Å². The number of nitrogens with zero attached hydrogens (tertiary/aromatic N) is 3. The SMILES string of the molecule is CN(C)C1=NCCCN1C. The minimum Gasteiger partial charge on any atom is -0.349 e. The Hall–Kier alpha value is -0.730. The molecule has 10 heavy (non-hydrogen) atoms. The van der Waals surface area contributed by atoms with Gasteiger partial charge in [-0.05, 0) is 6.42 Å². The monoisotopic (exact) mass is 141 g/mol. The van der Waals surface area contributed by atoms with Crippen molar-refractivity contribution in [2.45, 2.75) is 6.42 Å². The van der Waals surface area contributed by atoms with Crippen molar-refractivity contribution in [3.05, 3.63) is 0 Å². The summed E-state index contributed by atoms with van der Waals surface area (Å²) in [4.78, 5) is 8.62. The molecule has 1 rings (SSSR count). The molecule has 58 valence electrons. The second-order valence-corrected chi connectivity index (χ2v) is 2.85. The highest BCUT2D eigenvalue weighted by Gasteiger charge is 2.11. The normalized spacial score (nSPS) is 18.7. The molecule has 0 aromatic heterocycles. The van der Waals surface area contributed by atoms with E-state index >= 15 is 0 Å². The minimum atomic E-state index is 0.984. The van der Waals surface area contributed by atoms with E-state index < -0.39 is 0 Å². The number of rotatable bonds is 0. The molecule has 0 amide bonds. The summed E-state index contributed by atoms with van der Waals surface area (Å²) >= 11 is 0. The van der Waals surface area contributed by atoms with Crippen LogP contribution >= 0.6 is 0 Å². The van der Waals surface area contributed by atoms with Crippen molar-refractivity contribution < 1.29 is 0 Å². The first-order valence-electron chi connectivity index (χ1n) is 3.64. The zero-order chi connectivity index (χ0) is 7.56. The highest BCUT2D eigenvalue weighted by molar-refractivity contribution is 5.79. The maximum Gasteiger partial charge on any atom is 0.195 e. The lowest BCUT2D eigenvalue weighted by atomic mass is 10.3. The van der Waals surface area contributed by atoms with E-state index in [-0.39, 0.29) is 0 Å². The van der Waals surface area contributed by atoms with E-state index in [1.54, 1.807) is 0 Å². The van der Waals surface area contributed by atoms with E-state index in [1.807, 2.05) is 14.1 Å². The van der Waals surface area contributed by atoms with Gasteiger partial charge >= 0.3 is 0 Å². The van der Waals surface area contributed by atoms with Gasteiger partial charge < -0.3 is 9.80 Å². The van der Waals surface area contributed by atoms with Crippen LogP contribution in [0, 0.1) is 0 Å². The standard InChI is InChI=1S/C7H15N3/c1-9(2)7-8-5-4-6-10(7)3/h4-6H2,1-3H3. The zero-order valence-corrected chi connectivity index (χ0v) is 6.96. The predicted octanol–water partition coefficient (Wildman–Crippen LogP) is 0.240. The van der Waals surface area contributed by atoms with Crippen LogP contribution in [0.15, 0.2) is 4.99 Å². The van der Waals surface area contributed by atoms with Gasteiger partial charge in [0.25, 0.3) is 0 Å². The van der Waals surface area contributed by atoms with Crippen LogP contribution < -0.4 is 0 Å². The van der Waals surface area contributed by atoms with Crippen molar-refractivity contribution in [3.63, 3.8) is 0 Å². The van der Waals surface area contributed by atoms with Gasteiger partial charge in [0.15, 0.2) is 5.96 Å². The van der Waals surface area contributed by atoms with Gasteiger partial charge in [0.1, 0.15) is 0 Å². The number of hydrogen-bond acceptors (Lipinski definition) is 3. The van der Waals surface area contributed by atoms with E-state index in [2.05, 4.69) is 21.8 Å². The van der Waals surface area contributed by atoms with E-state index in [0.717, 1.165) is 19.0 Å². The van der Waals surface area contributed by atoms with Crippen molar-refractivity contribution in [3.8, 4) is 0 Å². The number of guanidine groups is 1. The summed E-state index contributed by atoms with van der Waals surface area (Å²) < 4.78 is 0. The molecule has 0 aliphatic carbocycles. The molecule has 0 unspecified atom stereocenters. The van der Waals surface area contributed by atoms with Crippen molar-refractivity contribution in [1.82, 2.24) is 9.80 Å². The summed E-state index contributed by atoms with van der Waals surface area (Å²) in [6.45, 7) is 2.12. The Labute approximate surface area is 62.3 Å². The maximum atomic E-state index is 4.38. The van der Waals surface area contributed by atoms with Crippen molar-refractivity contribution in [2.24, 2.45) is 4.99 Å². The lowest BCUT2D eigenvalue weighted by molar-refractivity contribution is 0.395. The fourth-order valence-corrected chi connectivity index (χ4v) is 1.19. The molecule has 0 aromatic carbocycles. The molecule has 1 aliphatic heterocycles. The van der Waals surface area contributed by atoms with E-state index in [0.29, 0.717) is 0 Å². The van der Waals surface area contributed by atoms with Crippen LogP contribution in [0.3, 0.4) is 0 Å². The third kappa shape index (κ3) is 1.40. The molecule has 3 heteroatoms. The molecular formula is C7H15N3. The van der Waals surface area contributed by atoms with E-state index in [9.17, 15) is 0 Å². The average molecular weight is 141 g/mol. The van der Waals surface area contributed by atoms with Gasteiger partial charge in [0, 0.05) is 34.2 Å². The fraction of sp³-hybridized carbons (Fsp3) is 0.857. The van der Waals surface area contributed by atoms with Crippen LogP contribution in [0.2, 0.25) is 0 Å². The van der Waals surface area contributed by atoms with E-state index in [1.165, 1.54) is 6.42 Å². The summed E-state index contributed by atoms with van der Waals surface area (Å²) in [5, 5.41) is 0. The van der Waals surface area contributed by atoms with Gasteiger partial charge in [0.05, 0.1) is 0 Å². The van der Waals surface area contributed by atoms with Crippen LogP contribution in [0.25, 0.3) is 0 Å². The zero-order valence-electron chi connectivity index (χ0n) is 6.96. The second kappa shape index (κ2) is 2.90. The molecule has 0 saturated heterocycles. The first-order chi connectivity index (χ1) is 4.72. The topological polar surface area (TPSA) is 18.8 Å². The van der Waals surface area contributed by atoms with E-state index in [4.69, 9.17) is 0 Å². The summed E-state index contributed by atoms with van der Waals surface area (Å²) in [6.07, 6.45) is 1.19. The van der Waals surface area contributed by atoms with Gasteiger partial charge in [-0.1, -0.05) is 0 Å². The molecule has 0 N–H and O–H groups in total. The Bertz CT molecular complexity index is 140. The van der Waals surface area contributed by atoms with Crippen molar-refractivity contribution in [1.29, 1.82) is 0 Å². The molecule has 1 aliphatic rings. The molecule has 0 saturated carbocycles. The minimum absolute atomic E-state index is 0.984. The molecule has 0 spiro atoms. The molecule has 1 heterocycles. The smallest absolute Gasteiger partial charge is 0.195 e. The Kier molecular flexibility index (Phi) is 2.14. The third-order valence-corrected chi connectivity index (χ3v) is 1.65. The van der Waals surface area contributed by atoms with Crippen LogP contribution in [-0.4, -0.2) is 50.0 Å². The highest BCUT2D eigenvalue weighted by Crippen LogP contribution is 2.00. The second-order valence-electron chi connectivity index (χ2n) is 2.85. The first-order valence-corrected chi connectivity index (χ1v) is 3.64. The van der Waals surface area contributed by atoms with Crippen LogP contribution in [-0.2, 0) is 0 Å². The Balaban J connectivity index is 2.61. The Morgan fingerprint density at radius 1 is 1.50 bits per heavy atom. The third-order valence-electron chi connectivity index (χ3n) is 1.65. The Morgan fingerprint density at radius 3 is 2.60 bits per heavy atom. The summed E-state index contributed by atoms with van der Waals surface area (Å²) in [7, 11) is 6.14. The largest absolute Gasteiger partial charge is 0.349 e. The van der Waals surface area contributed by atoms with Gasteiger partial charge in [-0.3, -0.25) is 4.99 Å². The average Bonchev–Trinajstić information content (AvgIpc) is 1.88. The number of hydrogen-bond donors (Lipinski definition) is 0. The molecule has 0 bridgehead atoms. The molecular weight excluding hydrogens is 126 g/mol. The lowest BCUT2D eigenvalue weighted by Crippen LogP contribution is -2.41. The molecule has 3 nitrogen and oxygen atoms in total. The molecule has 0 aromatic rings. The molecule has 0 radical (unpaired) electrons. The number of aliphatic imine (C=N–C) groups is 1. The van der Waals surface area contributed by atoms with Crippen LogP contribution in [0.4, 0.5) is 0 Å². The van der Waals surface area contributed by atoms with Crippen LogP contribution in [0.5, 0.6) is 0 Å².